The first-order chi connectivity index (χ1) is 8.56. The van der Waals surface area contributed by atoms with Gasteiger partial charge >= 0.3 is 0 Å². The van der Waals surface area contributed by atoms with Crippen LogP contribution in [0.5, 0.6) is 0 Å². The summed E-state index contributed by atoms with van der Waals surface area (Å²) in [4.78, 5) is 15.5. The molecule has 0 fully saturated rings. The minimum absolute atomic E-state index is 0.189. The normalized spacial score (nSPS) is 18.3. The lowest BCUT2D eigenvalue weighted by molar-refractivity contribution is -0.114. The predicted molar refractivity (Wildman–Crippen MR) is 72.7 cm³/mol. The molecule has 1 amide bonds. The number of guanidine groups is 1. The molecular formula is C14H17N3O. The second-order valence-electron chi connectivity index (χ2n) is 4.72. The van der Waals surface area contributed by atoms with Crippen molar-refractivity contribution in [1.29, 1.82) is 0 Å². The molecular weight excluding hydrogens is 226 g/mol. The Kier molecular flexibility index (Phi) is 3.46. The molecule has 0 saturated carbocycles. The third kappa shape index (κ3) is 2.77. The van der Waals surface area contributed by atoms with Gasteiger partial charge in [0, 0.05) is 5.57 Å². The Morgan fingerprint density at radius 2 is 2.00 bits per heavy atom. The van der Waals surface area contributed by atoms with Crippen LogP contribution in [0.15, 0.2) is 34.8 Å². The number of fused-ring (bicyclic) bond motifs is 1. The quantitative estimate of drug-likeness (QED) is 0.578. The van der Waals surface area contributed by atoms with Gasteiger partial charge in [-0.2, -0.15) is 4.99 Å². The summed E-state index contributed by atoms with van der Waals surface area (Å²) in [7, 11) is 0. The minimum Gasteiger partial charge on any atom is -0.370 e. The highest BCUT2D eigenvalue weighted by atomic mass is 16.1. The zero-order valence-electron chi connectivity index (χ0n) is 10.4. The molecule has 18 heavy (non-hydrogen) atoms. The maximum absolute atomic E-state index is 11.9. The molecule has 4 nitrogen and oxygen atoms in total. The van der Waals surface area contributed by atoms with Gasteiger partial charge in [-0.25, -0.2) is 0 Å². The Morgan fingerprint density at radius 1 is 1.28 bits per heavy atom. The van der Waals surface area contributed by atoms with E-state index in [0.717, 1.165) is 12.0 Å². The fraction of sp³-hybridized carbons (Fsp3) is 0.286. The summed E-state index contributed by atoms with van der Waals surface area (Å²) in [6.07, 6.45) is 3.56. The van der Waals surface area contributed by atoms with Crippen LogP contribution < -0.4 is 11.5 Å². The van der Waals surface area contributed by atoms with Crippen LogP contribution in [0.3, 0.4) is 0 Å². The van der Waals surface area contributed by atoms with Crippen LogP contribution in [-0.2, 0) is 11.2 Å². The van der Waals surface area contributed by atoms with E-state index in [1.54, 1.807) is 0 Å². The number of rotatable bonds is 1. The van der Waals surface area contributed by atoms with Gasteiger partial charge in [0.15, 0.2) is 5.96 Å². The summed E-state index contributed by atoms with van der Waals surface area (Å²) < 4.78 is 0. The van der Waals surface area contributed by atoms with Gasteiger partial charge in [-0.1, -0.05) is 31.2 Å². The third-order valence-corrected chi connectivity index (χ3v) is 3.03. The van der Waals surface area contributed by atoms with Crippen LogP contribution >= 0.6 is 0 Å². The summed E-state index contributed by atoms with van der Waals surface area (Å²) in [6, 6.07) is 8.09. The standard InChI is InChI=1S/C14H17N3O/c1-9-6-10-4-2-3-5-11(10)8-12(7-9)13(18)17-14(15)16/h2-5,8-9H,6-7H2,1H3,(H4,15,16,17,18). The van der Waals surface area contributed by atoms with Crippen molar-refractivity contribution in [3.8, 4) is 0 Å². The monoisotopic (exact) mass is 243 g/mol. The highest BCUT2D eigenvalue weighted by molar-refractivity contribution is 6.04. The van der Waals surface area contributed by atoms with Gasteiger partial charge in [-0.3, -0.25) is 4.79 Å². The van der Waals surface area contributed by atoms with E-state index < -0.39 is 0 Å². The third-order valence-electron chi connectivity index (χ3n) is 3.03. The molecule has 1 aliphatic rings. The van der Waals surface area contributed by atoms with Crippen LogP contribution in [0.2, 0.25) is 0 Å². The minimum atomic E-state index is -0.335. The summed E-state index contributed by atoms with van der Waals surface area (Å²) in [5, 5.41) is 0. The van der Waals surface area contributed by atoms with Gasteiger partial charge in [0.1, 0.15) is 0 Å². The van der Waals surface area contributed by atoms with Gasteiger partial charge in [0.2, 0.25) is 0 Å². The molecule has 0 aliphatic heterocycles. The molecule has 1 unspecified atom stereocenters. The van der Waals surface area contributed by atoms with E-state index in [4.69, 9.17) is 11.5 Å². The van der Waals surface area contributed by atoms with E-state index in [1.807, 2.05) is 24.3 Å². The Morgan fingerprint density at radius 3 is 2.72 bits per heavy atom. The number of benzene rings is 1. The molecule has 0 radical (unpaired) electrons. The van der Waals surface area contributed by atoms with Crippen LogP contribution in [0.1, 0.15) is 24.5 Å². The molecule has 1 aliphatic carbocycles. The average Bonchev–Trinajstić information content (AvgIpc) is 2.45. The smallest absolute Gasteiger partial charge is 0.276 e. The number of nitrogens with two attached hydrogens (primary N) is 2. The Balaban J connectivity index is 2.40. The lowest BCUT2D eigenvalue weighted by Crippen LogP contribution is -2.24. The predicted octanol–water partition coefficient (Wildman–Crippen LogP) is 1.45. The molecule has 1 atom stereocenters. The fourth-order valence-corrected chi connectivity index (χ4v) is 2.27. The number of aliphatic imine (C=N–C) groups is 1. The second-order valence-corrected chi connectivity index (χ2v) is 4.72. The molecule has 2 rings (SSSR count). The van der Waals surface area contributed by atoms with Crippen molar-refractivity contribution in [2.24, 2.45) is 22.4 Å². The first-order valence-electron chi connectivity index (χ1n) is 5.98. The summed E-state index contributed by atoms with van der Waals surface area (Å²) in [6.45, 7) is 2.12. The van der Waals surface area contributed by atoms with E-state index in [1.165, 1.54) is 5.56 Å². The largest absolute Gasteiger partial charge is 0.370 e. The lowest BCUT2D eigenvalue weighted by Gasteiger charge is -2.09. The SMILES string of the molecule is CC1CC(C(=O)N=C(N)N)=Cc2ccccc2C1. The van der Waals surface area contributed by atoms with Crippen LogP contribution in [0.4, 0.5) is 0 Å². The van der Waals surface area contributed by atoms with Gasteiger partial charge in [-0.15, -0.1) is 0 Å². The van der Waals surface area contributed by atoms with E-state index in [0.29, 0.717) is 17.9 Å². The number of hydrogen-bond donors (Lipinski definition) is 2. The van der Waals surface area contributed by atoms with E-state index >= 15 is 0 Å². The molecule has 1 aromatic carbocycles. The summed E-state index contributed by atoms with van der Waals surface area (Å²) in [5.74, 6) is -0.123. The topological polar surface area (TPSA) is 81.5 Å². The first-order valence-corrected chi connectivity index (χ1v) is 5.98. The Labute approximate surface area is 106 Å². The van der Waals surface area contributed by atoms with Gasteiger partial charge < -0.3 is 11.5 Å². The Bertz CT molecular complexity index is 528. The number of carbonyl (C=O) groups is 1. The van der Waals surface area contributed by atoms with Gasteiger partial charge in [-0.05, 0) is 36.0 Å². The number of amides is 1. The van der Waals surface area contributed by atoms with Crippen molar-refractivity contribution in [2.45, 2.75) is 19.8 Å². The highest BCUT2D eigenvalue weighted by Gasteiger charge is 2.18. The molecule has 0 saturated heterocycles. The highest BCUT2D eigenvalue weighted by Crippen LogP contribution is 2.27. The fourth-order valence-electron chi connectivity index (χ4n) is 2.27. The van der Waals surface area contributed by atoms with E-state index in [2.05, 4.69) is 18.0 Å². The van der Waals surface area contributed by atoms with E-state index in [-0.39, 0.29) is 11.9 Å². The van der Waals surface area contributed by atoms with Crippen molar-refractivity contribution < 1.29 is 4.79 Å². The van der Waals surface area contributed by atoms with Crippen LogP contribution in [0, 0.1) is 5.92 Å². The van der Waals surface area contributed by atoms with Crippen molar-refractivity contribution in [2.75, 3.05) is 0 Å². The molecule has 0 bridgehead atoms. The molecule has 0 spiro atoms. The van der Waals surface area contributed by atoms with Crippen molar-refractivity contribution >= 4 is 17.9 Å². The van der Waals surface area contributed by atoms with Crippen molar-refractivity contribution in [3.05, 3.63) is 41.0 Å². The maximum atomic E-state index is 11.9. The van der Waals surface area contributed by atoms with E-state index in [9.17, 15) is 4.79 Å². The summed E-state index contributed by atoms with van der Waals surface area (Å²) >= 11 is 0. The van der Waals surface area contributed by atoms with Crippen molar-refractivity contribution in [1.82, 2.24) is 0 Å². The zero-order chi connectivity index (χ0) is 13.1. The number of nitrogens with zero attached hydrogens (tertiary/aromatic N) is 1. The number of carbonyl (C=O) groups excluding carboxylic acids is 1. The van der Waals surface area contributed by atoms with Crippen LogP contribution in [0.25, 0.3) is 6.08 Å². The molecule has 4 heteroatoms. The molecule has 0 aromatic heterocycles. The Hall–Kier alpha value is -2.10. The summed E-state index contributed by atoms with van der Waals surface area (Å²) in [5.41, 5.74) is 13.5. The average molecular weight is 243 g/mol. The van der Waals surface area contributed by atoms with Gasteiger partial charge in [0.25, 0.3) is 5.91 Å². The van der Waals surface area contributed by atoms with Gasteiger partial charge in [0.05, 0.1) is 0 Å². The number of hydrogen-bond acceptors (Lipinski definition) is 1. The van der Waals surface area contributed by atoms with Crippen LogP contribution in [-0.4, -0.2) is 11.9 Å². The first kappa shape index (κ1) is 12.4. The molecule has 1 aromatic rings. The van der Waals surface area contributed by atoms with Crippen molar-refractivity contribution in [3.63, 3.8) is 0 Å². The molecule has 94 valence electrons. The molecule has 4 N–H and O–H groups in total. The zero-order valence-corrected chi connectivity index (χ0v) is 10.4. The maximum Gasteiger partial charge on any atom is 0.276 e. The second kappa shape index (κ2) is 5.04. The molecule has 0 heterocycles. The lowest BCUT2D eigenvalue weighted by atomic mass is 9.96.